The highest BCUT2D eigenvalue weighted by atomic mass is 35.5. The van der Waals surface area contributed by atoms with Crippen LogP contribution >= 0.6 is 12.4 Å². The second kappa shape index (κ2) is 6.40. The van der Waals surface area contributed by atoms with Crippen molar-refractivity contribution in [2.24, 2.45) is 5.73 Å². The van der Waals surface area contributed by atoms with Gasteiger partial charge in [0.25, 0.3) is 0 Å². The molecule has 1 rings (SSSR count). The standard InChI is InChI=1S/C12H17NO2.ClH/c1-8(2)7-9(13)12-10(14)5-4-6-11(12)15-3;/h4-6,9,14H,1,7,13H2,2-3H3;1H/t9-;/m0./s1. The Hall–Kier alpha value is -1.19. The second-order valence-corrected chi connectivity index (χ2v) is 3.66. The fourth-order valence-electron chi connectivity index (χ4n) is 1.56. The topological polar surface area (TPSA) is 55.5 Å². The summed E-state index contributed by atoms with van der Waals surface area (Å²) in [7, 11) is 1.56. The predicted molar refractivity (Wildman–Crippen MR) is 68.3 cm³/mol. The molecule has 0 saturated heterocycles. The van der Waals surface area contributed by atoms with Crippen molar-refractivity contribution in [3.05, 3.63) is 35.9 Å². The molecule has 4 heteroatoms. The number of aromatic hydroxyl groups is 1. The van der Waals surface area contributed by atoms with Crippen molar-refractivity contribution < 1.29 is 9.84 Å². The first-order valence-electron chi connectivity index (χ1n) is 4.82. The number of phenolic OH excluding ortho intramolecular Hbond substituents is 1. The summed E-state index contributed by atoms with van der Waals surface area (Å²) in [6.07, 6.45) is 0.633. The van der Waals surface area contributed by atoms with E-state index in [1.807, 2.05) is 6.92 Å². The lowest BCUT2D eigenvalue weighted by Gasteiger charge is -2.16. The molecule has 0 unspecified atom stereocenters. The summed E-state index contributed by atoms with van der Waals surface area (Å²) in [5.74, 6) is 0.784. The van der Waals surface area contributed by atoms with Gasteiger partial charge in [0.05, 0.1) is 12.7 Å². The van der Waals surface area contributed by atoms with Crippen molar-refractivity contribution in [3.8, 4) is 11.5 Å². The van der Waals surface area contributed by atoms with Gasteiger partial charge in [-0.25, -0.2) is 0 Å². The molecule has 1 aromatic carbocycles. The molecule has 1 aromatic rings. The molecule has 0 aliphatic carbocycles. The van der Waals surface area contributed by atoms with Gasteiger partial charge in [-0.15, -0.1) is 19.0 Å². The first-order chi connectivity index (χ1) is 7.06. The van der Waals surface area contributed by atoms with E-state index in [0.717, 1.165) is 5.57 Å². The van der Waals surface area contributed by atoms with Crippen molar-refractivity contribution in [1.82, 2.24) is 0 Å². The number of nitrogens with two attached hydrogens (primary N) is 1. The van der Waals surface area contributed by atoms with Gasteiger partial charge in [-0.3, -0.25) is 0 Å². The summed E-state index contributed by atoms with van der Waals surface area (Å²) < 4.78 is 5.16. The molecule has 90 valence electrons. The summed E-state index contributed by atoms with van der Waals surface area (Å²) in [5.41, 5.74) is 7.59. The number of ether oxygens (including phenoxy) is 1. The average molecular weight is 244 g/mol. The maximum Gasteiger partial charge on any atom is 0.127 e. The molecule has 0 spiro atoms. The van der Waals surface area contributed by atoms with E-state index in [0.29, 0.717) is 17.7 Å². The Morgan fingerprint density at radius 1 is 1.56 bits per heavy atom. The van der Waals surface area contributed by atoms with Crippen molar-refractivity contribution in [2.45, 2.75) is 19.4 Å². The van der Waals surface area contributed by atoms with Crippen molar-refractivity contribution in [1.29, 1.82) is 0 Å². The third-order valence-corrected chi connectivity index (χ3v) is 2.20. The van der Waals surface area contributed by atoms with E-state index in [1.54, 1.807) is 25.3 Å². The zero-order chi connectivity index (χ0) is 11.4. The van der Waals surface area contributed by atoms with E-state index in [4.69, 9.17) is 10.5 Å². The van der Waals surface area contributed by atoms with Crippen LogP contribution in [0.2, 0.25) is 0 Å². The van der Waals surface area contributed by atoms with Gasteiger partial charge in [0.1, 0.15) is 11.5 Å². The van der Waals surface area contributed by atoms with E-state index in [1.165, 1.54) is 0 Å². The van der Waals surface area contributed by atoms with Crippen LogP contribution < -0.4 is 10.5 Å². The SMILES string of the molecule is C=C(C)C[C@H](N)c1c(O)cccc1OC.Cl. The number of methoxy groups -OCH3 is 1. The van der Waals surface area contributed by atoms with Gasteiger partial charge in [-0.1, -0.05) is 11.6 Å². The molecular weight excluding hydrogens is 226 g/mol. The van der Waals surface area contributed by atoms with Crippen LogP contribution in [0.15, 0.2) is 30.4 Å². The van der Waals surface area contributed by atoms with E-state index in [-0.39, 0.29) is 24.2 Å². The van der Waals surface area contributed by atoms with Crippen molar-refractivity contribution in [3.63, 3.8) is 0 Å². The first kappa shape index (κ1) is 14.8. The van der Waals surface area contributed by atoms with Crippen molar-refractivity contribution in [2.75, 3.05) is 7.11 Å². The molecule has 0 aliphatic heterocycles. The van der Waals surface area contributed by atoms with Crippen LogP contribution in [-0.4, -0.2) is 12.2 Å². The Morgan fingerprint density at radius 2 is 2.19 bits per heavy atom. The molecule has 0 heterocycles. The third kappa shape index (κ3) is 3.43. The monoisotopic (exact) mass is 243 g/mol. The smallest absolute Gasteiger partial charge is 0.127 e. The number of hydrogen-bond acceptors (Lipinski definition) is 3. The number of benzene rings is 1. The summed E-state index contributed by atoms with van der Waals surface area (Å²) in [6, 6.07) is 4.84. The highest BCUT2D eigenvalue weighted by Gasteiger charge is 2.16. The van der Waals surface area contributed by atoms with Gasteiger partial charge in [-0.05, 0) is 25.5 Å². The average Bonchev–Trinajstić information content (AvgIpc) is 2.15. The Balaban J connectivity index is 0.00000225. The maximum atomic E-state index is 9.72. The largest absolute Gasteiger partial charge is 0.507 e. The molecule has 0 aromatic heterocycles. The summed E-state index contributed by atoms with van der Waals surface area (Å²) in [5, 5.41) is 9.72. The lowest BCUT2D eigenvalue weighted by molar-refractivity contribution is 0.393. The van der Waals surface area contributed by atoms with E-state index >= 15 is 0 Å². The lowest BCUT2D eigenvalue weighted by Crippen LogP contribution is -2.12. The molecule has 0 aliphatic rings. The molecule has 1 atom stereocenters. The first-order valence-corrected chi connectivity index (χ1v) is 4.82. The molecule has 0 fully saturated rings. The highest BCUT2D eigenvalue weighted by Crippen LogP contribution is 2.34. The fraction of sp³-hybridized carbons (Fsp3) is 0.333. The summed E-state index contributed by atoms with van der Waals surface area (Å²) in [6.45, 7) is 5.71. The molecule has 16 heavy (non-hydrogen) atoms. The van der Waals surface area contributed by atoms with E-state index in [2.05, 4.69) is 6.58 Å². The van der Waals surface area contributed by atoms with Gasteiger partial charge >= 0.3 is 0 Å². The third-order valence-electron chi connectivity index (χ3n) is 2.20. The predicted octanol–water partition coefficient (Wildman–Crippen LogP) is 2.79. The van der Waals surface area contributed by atoms with Crippen molar-refractivity contribution >= 4 is 12.4 Å². The number of rotatable bonds is 4. The minimum atomic E-state index is -0.279. The van der Waals surface area contributed by atoms with Crippen LogP contribution in [0.4, 0.5) is 0 Å². The Bertz CT molecular complexity index is 366. The Morgan fingerprint density at radius 3 is 2.69 bits per heavy atom. The van der Waals surface area contributed by atoms with Crippen LogP contribution in [0.25, 0.3) is 0 Å². The molecule has 0 saturated carbocycles. The summed E-state index contributed by atoms with van der Waals surface area (Å²) in [4.78, 5) is 0. The van der Waals surface area contributed by atoms with Crippen LogP contribution in [0.5, 0.6) is 11.5 Å². The molecule has 0 amide bonds. The quantitative estimate of drug-likeness (QED) is 0.800. The zero-order valence-electron chi connectivity index (χ0n) is 9.56. The fourth-order valence-corrected chi connectivity index (χ4v) is 1.56. The number of phenols is 1. The van der Waals surface area contributed by atoms with Crippen LogP contribution in [0.3, 0.4) is 0 Å². The van der Waals surface area contributed by atoms with Gasteiger partial charge in [0.2, 0.25) is 0 Å². The van der Waals surface area contributed by atoms with Crippen LogP contribution in [-0.2, 0) is 0 Å². The zero-order valence-corrected chi connectivity index (χ0v) is 10.4. The number of hydrogen-bond donors (Lipinski definition) is 2. The Kier molecular flexibility index (Phi) is 5.93. The second-order valence-electron chi connectivity index (χ2n) is 3.66. The van der Waals surface area contributed by atoms with E-state index in [9.17, 15) is 5.11 Å². The maximum absolute atomic E-state index is 9.72. The summed E-state index contributed by atoms with van der Waals surface area (Å²) >= 11 is 0. The molecule has 0 radical (unpaired) electrons. The molecule has 3 nitrogen and oxygen atoms in total. The Labute approximate surface area is 102 Å². The molecule has 0 bridgehead atoms. The minimum Gasteiger partial charge on any atom is -0.507 e. The van der Waals surface area contributed by atoms with Gasteiger partial charge in [0.15, 0.2) is 0 Å². The molecule has 3 N–H and O–H groups in total. The van der Waals surface area contributed by atoms with Gasteiger partial charge in [0, 0.05) is 6.04 Å². The highest BCUT2D eigenvalue weighted by molar-refractivity contribution is 5.85. The van der Waals surface area contributed by atoms with Crippen LogP contribution in [0.1, 0.15) is 24.9 Å². The van der Waals surface area contributed by atoms with Gasteiger partial charge < -0.3 is 15.6 Å². The van der Waals surface area contributed by atoms with E-state index < -0.39 is 0 Å². The molecular formula is C12H18ClNO2. The lowest BCUT2D eigenvalue weighted by atomic mass is 9.99. The number of halogens is 1. The van der Waals surface area contributed by atoms with Gasteiger partial charge in [-0.2, -0.15) is 0 Å². The minimum absolute atomic E-state index is 0. The van der Waals surface area contributed by atoms with Crippen LogP contribution in [0, 0.1) is 0 Å². The normalized spacial score (nSPS) is 11.4.